The predicted molar refractivity (Wildman–Crippen MR) is 118 cm³/mol. The number of ketones is 1. The average Bonchev–Trinajstić information content (AvgIpc) is 3.30. The number of furan rings is 1. The van der Waals surface area contributed by atoms with Crippen molar-refractivity contribution in [2.45, 2.75) is 31.4 Å². The van der Waals surface area contributed by atoms with E-state index in [0.29, 0.717) is 28.3 Å². The first kappa shape index (κ1) is 22.4. The number of Topliss-reactive ketones (excluding diaryl/α,β-unsaturated/α-hetero) is 1. The normalized spacial score (nSPS) is 11.5. The molecule has 1 amide bonds. The van der Waals surface area contributed by atoms with Gasteiger partial charge in [-0.15, -0.1) is 11.8 Å². The van der Waals surface area contributed by atoms with Gasteiger partial charge in [0.2, 0.25) is 11.7 Å². The van der Waals surface area contributed by atoms with E-state index >= 15 is 0 Å². The van der Waals surface area contributed by atoms with Crippen LogP contribution >= 0.6 is 11.8 Å². The van der Waals surface area contributed by atoms with Crippen LogP contribution in [0, 0.1) is 6.92 Å². The maximum absolute atomic E-state index is 12.7. The fourth-order valence-electron chi connectivity index (χ4n) is 2.78. The number of carbonyl (C=O) groups excluding carboxylic acids is 3. The SMILES string of the molecule is Cc1ccc(C(=O)[C@@H](C)OC(=O)c2ccccc2SCC(=O)NCc2ccco2)cc1. The Labute approximate surface area is 185 Å². The summed E-state index contributed by atoms with van der Waals surface area (Å²) in [6.07, 6.45) is 0.618. The summed E-state index contributed by atoms with van der Waals surface area (Å²) in [5.41, 5.74) is 1.84. The zero-order chi connectivity index (χ0) is 22.2. The van der Waals surface area contributed by atoms with E-state index in [9.17, 15) is 14.4 Å². The topological polar surface area (TPSA) is 85.6 Å². The maximum Gasteiger partial charge on any atom is 0.339 e. The minimum atomic E-state index is -0.926. The summed E-state index contributed by atoms with van der Waals surface area (Å²) in [5.74, 6) is -0.270. The van der Waals surface area contributed by atoms with E-state index in [2.05, 4.69) is 5.32 Å². The van der Waals surface area contributed by atoms with Crippen molar-refractivity contribution in [2.75, 3.05) is 5.75 Å². The molecule has 2 aromatic carbocycles. The van der Waals surface area contributed by atoms with Crippen LogP contribution in [0.1, 0.15) is 39.0 Å². The molecule has 0 spiro atoms. The highest BCUT2D eigenvalue weighted by Crippen LogP contribution is 2.24. The van der Waals surface area contributed by atoms with Crippen molar-refractivity contribution in [1.29, 1.82) is 0 Å². The molecule has 0 unspecified atom stereocenters. The summed E-state index contributed by atoms with van der Waals surface area (Å²) in [5, 5.41) is 2.76. The summed E-state index contributed by atoms with van der Waals surface area (Å²) >= 11 is 1.23. The molecule has 0 aliphatic rings. The lowest BCUT2D eigenvalue weighted by molar-refractivity contribution is -0.118. The van der Waals surface area contributed by atoms with Gasteiger partial charge in [-0.1, -0.05) is 42.0 Å². The molecule has 1 atom stereocenters. The van der Waals surface area contributed by atoms with Gasteiger partial charge in [-0.2, -0.15) is 0 Å². The summed E-state index contributed by atoms with van der Waals surface area (Å²) in [6, 6.07) is 17.5. The van der Waals surface area contributed by atoms with E-state index in [1.54, 1.807) is 61.7 Å². The Morgan fingerprint density at radius 3 is 2.48 bits per heavy atom. The third kappa shape index (κ3) is 6.33. The van der Waals surface area contributed by atoms with Crippen LogP contribution in [0.5, 0.6) is 0 Å². The minimum absolute atomic E-state index is 0.128. The monoisotopic (exact) mass is 437 g/mol. The second kappa shape index (κ2) is 10.6. The number of hydrogen-bond acceptors (Lipinski definition) is 6. The zero-order valence-electron chi connectivity index (χ0n) is 17.3. The van der Waals surface area contributed by atoms with E-state index in [1.165, 1.54) is 11.8 Å². The van der Waals surface area contributed by atoms with Crippen LogP contribution in [-0.2, 0) is 16.1 Å². The van der Waals surface area contributed by atoms with Crippen LogP contribution in [0.25, 0.3) is 0 Å². The fourth-order valence-corrected chi connectivity index (χ4v) is 3.65. The van der Waals surface area contributed by atoms with Gasteiger partial charge in [0.25, 0.3) is 0 Å². The molecular formula is C24H23NO5S. The van der Waals surface area contributed by atoms with Crippen molar-refractivity contribution in [1.82, 2.24) is 5.32 Å². The van der Waals surface area contributed by atoms with E-state index < -0.39 is 12.1 Å². The molecule has 7 heteroatoms. The van der Waals surface area contributed by atoms with Gasteiger partial charge in [0.1, 0.15) is 5.76 Å². The lowest BCUT2D eigenvalue weighted by Gasteiger charge is -2.14. The molecule has 1 heterocycles. The molecular weight excluding hydrogens is 414 g/mol. The number of carbonyl (C=O) groups is 3. The van der Waals surface area contributed by atoms with E-state index in [4.69, 9.17) is 9.15 Å². The number of rotatable bonds is 9. The largest absolute Gasteiger partial charge is 0.467 e. The molecule has 0 fully saturated rings. The summed E-state index contributed by atoms with van der Waals surface area (Å²) in [7, 11) is 0. The summed E-state index contributed by atoms with van der Waals surface area (Å²) < 4.78 is 10.6. The quantitative estimate of drug-likeness (QED) is 0.303. The van der Waals surface area contributed by atoms with E-state index in [0.717, 1.165) is 5.56 Å². The minimum Gasteiger partial charge on any atom is -0.467 e. The molecule has 0 bridgehead atoms. The van der Waals surface area contributed by atoms with Gasteiger partial charge in [0, 0.05) is 10.5 Å². The van der Waals surface area contributed by atoms with Gasteiger partial charge in [-0.25, -0.2) is 4.79 Å². The third-order valence-electron chi connectivity index (χ3n) is 4.49. The number of esters is 1. The molecule has 6 nitrogen and oxygen atoms in total. The highest BCUT2D eigenvalue weighted by Gasteiger charge is 2.22. The molecule has 0 aliphatic carbocycles. The molecule has 1 N–H and O–H groups in total. The van der Waals surface area contributed by atoms with Crippen molar-refractivity contribution in [3.63, 3.8) is 0 Å². The standard InChI is InChI=1S/C24H23NO5S/c1-16-9-11-18(12-10-16)23(27)17(2)30-24(28)20-7-3-4-8-21(20)31-15-22(26)25-14-19-6-5-13-29-19/h3-13,17H,14-15H2,1-2H3,(H,25,26)/t17-/m1/s1. The lowest BCUT2D eigenvalue weighted by Crippen LogP contribution is -2.25. The van der Waals surface area contributed by atoms with Gasteiger partial charge >= 0.3 is 5.97 Å². The van der Waals surface area contributed by atoms with Crippen LogP contribution in [0.3, 0.4) is 0 Å². The van der Waals surface area contributed by atoms with E-state index in [1.807, 2.05) is 19.1 Å². The second-order valence-electron chi connectivity index (χ2n) is 6.92. The Kier molecular flexibility index (Phi) is 7.67. The van der Waals surface area contributed by atoms with Gasteiger partial charge < -0.3 is 14.5 Å². The molecule has 3 rings (SSSR count). The van der Waals surface area contributed by atoms with Crippen LogP contribution in [0.4, 0.5) is 0 Å². The molecule has 3 aromatic rings. The van der Waals surface area contributed by atoms with Gasteiger partial charge in [-0.05, 0) is 38.1 Å². The van der Waals surface area contributed by atoms with Crippen LogP contribution in [-0.4, -0.2) is 29.5 Å². The lowest BCUT2D eigenvalue weighted by atomic mass is 10.1. The van der Waals surface area contributed by atoms with E-state index in [-0.39, 0.29) is 17.4 Å². The third-order valence-corrected chi connectivity index (χ3v) is 5.57. The van der Waals surface area contributed by atoms with Crippen molar-refractivity contribution in [3.8, 4) is 0 Å². The molecule has 0 saturated heterocycles. The maximum atomic E-state index is 12.7. The summed E-state index contributed by atoms with van der Waals surface area (Å²) in [4.78, 5) is 38.0. The second-order valence-corrected chi connectivity index (χ2v) is 7.94. The van der Waals surface area contributed by atoms with Gasteiger partial charge in [0.05, 0.1) is 24.1 Å². The molecule has 160 valence electrons. The van der Waals surface area contributed by atoms with Crippen LogP contribution in [0.2, 0.25) is 0 Å². The number of amides is 1. The first-order valence-electron chi connectivity index (χ1n) is 9.77. The number of ether oxygens (including phenoxy) is 1. The molecule has 0 radical (unpaired) electrons. The number of aryl methyl sites for hydroxylation is 1. The highest BCUT2D eigenvalue weighted by atomic mass is 32.2. The number of hydrogen-bond donors (Lipinski definition) is 1. The van der Waals surface area contributed by atoms with Crippen molar-refractivity contribution < 1.29 is 23.5 Å². The fraction of sp³-hybridized carbons (Fsp3) is 0.208. The van der Waals surface area contributed by atoms with Crippen LogP contribution < -0.4 is 5.32 Å². The smallest absolute Gasteiger partial charge is 0.339 e. The van der Waals surface area contributed by atoms with Gasteiger partial charge in [0.15, 0.2) is 6.10 Å². The highest BCUT2D eigenvalue weighted by molar-refractivity contribution is 8.00. The Bertz CT molecular complexity index is 1040. The van der Waals surface area contributed by atoms with Gasteiger partial charge in [-0.3, -0.25) is 9.59 Å². The molecule has 1 aromatic heterocycles. The number of benzene rings is 2. The summed E-state index contributed by atoms with van der Waals surface area (Å²) in [6.45, 7) is 3.79. The molecule has 0 saturated carbocycles. The average molecular weight is 438 g/mol. The first-order chi connectivity index (χ1) is 14.9. The molecule has 31 heavy (non-hydrogen) atoms. The van der Waals surface area contributed by atoms with Crippen molar-refractivity contribution in [2.24, 2.45) is 0 Å². The predicted octanol–water partition coefficient (Wildman–Crippen LogP) is 4.42. The number of thioether (sulfide) groups is 1. The Hall–Kier alpha value is -3.32. The number of nitrogens with one attached hydrogen (secondary N) is 1. The zero-order valence-corrected chi connectivity index (χ0v) is 18.1. The van der Waals surface area contributed by atoms with Crippen molar-refractivity contribution in [3.05, 3.63) is 89.4 Å². The molecule has 0 aliphatic heterocycles. The first-order valence-corrected chi connectivity index (χ1v) is 10.8. The Morgan fingerprint density at radius 1 is 1.03 bits per heavy atom. The Morgan fingerprint density at radius 2 is 1.77 bits per heavy atom. The van der Waals surface area contributed by atoms with Crippen molar-refractivity contribution >= 4 is 29.4 Å². The Balaban J connectivity index is 1.58. The van der Waals surface area contributed by atoms with Crippen LogP contribution in [0.15, 0.2) is 76.2 Å².